The lowest BCUT2D eigenvalue weighted by Crippen LogP contribution is -2.45. The third-order valence-electron chi connectivity index (χ3n) is 14.5. The molecule has 0 aliphatic carbocycles. The van der Waals surface area contributed by atoms with Crippen LogP contribution in [-0.2, 0) is 14.3 Å². The highest BCUT2D eigenvalue weighted by molar-refractivity contribution is 5.76. The van der Waals surface area contributed by atoms with E-state index in [0.717, 1.165) is 64.2 Å². The number of unbranched alkanes of at least 4 members (excludes halogenated alkanes) is 43. The molecule has 0 bridgehead atoms. The van der Waals surface area contributed by atoms with Crippen LogP contribution in [0.15, 0.2) is 24.3 Å². The van der Waals surface area contributed by atoms with Gasteiger partial charge >= 0.3 is 5.97 Å². The lowest BCUT2D eigenvalue weighted by atomic mass is 10.0. The highest BCUT2D eigenvalue weighted by Crippen LogP contribution is 2.18. The van der Waals surface area contributed by atoms with Crippen LogP contribution < -0.4 is 5.32 Å². The molecule has 0 fully saturated rings. The van der Waals surface area contributed by atoms with Crippen molar-refractivity contribution in [1.29, 1.82) is 0 Å². The summed E-state index contributed by atoms with van der Waals surface area (Å²) in [6.45, 7) is 4.91. The molecule has 0 aromatic heterocycles. The molecule has 69 heavy (non-hydrogen) atoms. The first-order valence-corrected chi connectivity index (χ1v) is 31.1. The Morgan fingerprint density at radius 3 is 1.13 bits per heavy atom. The Hall–Kier alpha value is -1.66. The number of carbonyl (C=O) groups excluding carboxylic acids is 2. The third-order valence-corrected chi connectivity index (χ3v) is 14.5. The number of esters is 1. The molecular weight excluding hydrogens is 851 g/mol. The molecule has 3 N–H and O–H groups in total. The Bertz CT molecular complexity index is 1080. The van der Waals surface area contributed by atoms with E-state index in [0.29, 0.717) is 25.9 Å². The van der Waals surface area contributed by atoms with Gasteiger partial charge in [-0.05, 0) is 57.8 Å². The fraction of sp³-hybridized carbons (Fsp3) is 0.905. The Balaban J connectivity index is 3.44. The first kappa shape index (κ1) is 67.3. The van der Waals surface area contributed by atoms with Crippen molar-refractivity contribution < 1.29 is 24.5 Å². The minimum absolute atomic E-state index is 0.0162. The fourth-order valence-electron chi connectivity index (χ4n) is 9.73. The van der Waals surface area contributed by atoms with Gasteiger partial charge in [0.2, 0.25) is 5.91 Å². The number of ether oxygens (including phenoxy) is 1. The number of aliphatic hydroxyl groups is 2. The van der Waals surface area contributed by atoms with Crippen LogP contribution in [0.1, 0.15) is 341 Å². The quantitative estimate of drug-likeness (QED) is 0.0321. The summed E-state index contributed by atoms with van der Waals surface area (Å²) < 4.78 is 5.48. The van der Waals surface area contributed by atoms with E-state index in [1.165, 1.54) is 244 Å². The molecular formula is C63H121NO5. The van der Waals surface area contributed by atoms with Gasteiger partial charge in [0.15, 0.2) is 0 Å². The Morgan fingerprint density at radius 2 is 0.725 bits per heavy atom. The summed E-state index contributed by atoms with van der Waals surface area (Å²) in [5.74, 6) is -0.0668. The van der Waals surface area contributed by atoms with Crippen LogP contribution in [-0.4, -0.2) is 47.4 Å². The van der Waals surface area contributed by atoms with E-state index >= 15 is 0 Å². The van der Waals surface area contributed by atoms with Crippen LogP contribution >= 0.6 is 0 Å². The van der Waals surface area contributed by atoms with E-state index in [2.05, 4.69) is 43.5 Å². The molecule has 0 radical (unpaired) electrons. The maximum Gasteiger partial charge on any atom is 0.305 e. The smallest absolute Gasteiger partial charge is 0.305 e. The Morgan fingerprint density at radius 1 is 0.406 bits per heavy atom. The summed E-state index contributed by atoms with van der Waals surface area (Å²) in [5, 5.41) is 23.4. The molecule has 408 valence electrons. The summed E-state index contributed by atoms with van der Waals surface area (Å²) in [6, 6.07) is -0.557. The molecule has 0 heterocycles. The summed E-state index contributed by atoms with van der Waals surface area (Å²) in [4.78, 5) is 24.6. The van der Waals surface area contributed by atoms with Gasteiger partial charge in [-0.15, -0.1) is 0 Å². The second kappa shape index (κ2) is 58.9. The van der Waals surface area contributed by atoms with Gasteiger partial charge < -0.3 is 20.3 Å². The van der Waals surface area contributed by atoms with Crippen molar-refractivity contribution in [3.8, 4) is 0 Å². The van der Waals surface area contributed by atoms with Gasteiger partial charge in [-0.2, -0.15) is 0 Å². The molecule has 6 nitrogen and oxygen atoms in total. The summed E-state index contributed by atoms with van der Waals surface area (Å²) >= 11 is 0. The zero-order valence-electron chi connectivity index (χ0n) is 46.6. The first-order valence-electron chi connectivity index (χ1n) is 31.1. The molecule has 2 atom stereocenters. The molecule has 0 aliphatic heterocycles. The summed E-state index contributed by atoms with van der Waals surface area (Å²) in [6.07, 6.45) is 71.7. The molecule has 0 saturated heterocycles. The number of nitrogens with one attached hydrogen (secondary N) is 1. The van der Waals surface area contributed by atoms with Crippen LogP contribution in [0.5, 0.6) is 0 Å². The molecule has 0 saturated carbocycles. The van der Waals surface area contributed by atoms with Crippen LogP contribution in [0.4, 0.5) is 0 Å². The van der Waals surface area contributed by atoms with E-state index < -0.39 is 12.1 Å². The fourth-order valence-corrected chi connectivity index (χ4v) is 9.73. The number of allylic oxidation sites excluding steroid dienone is 4. The van der Waals surface area contributed by atoms with Crippen molar-refractivity contribution in [1.82, 2.24) is 5.32 Å². The predicted octanol–water partition coefficient (Wildman–Crippen LogP) is 19.4. The van der Waals surface area contributed by atoms with E-state index in [4.69, 9.17) is 4.74 Å². The second-order valence-corrected chi connectivity index (χ2v) is 21.4. The van der Waals surface area contributed by atoms with Crippen LogP contribution in [0.25, 0.3) is 0 Å². The zero-order chi connectivity index (χ0) is 50.0. The van der Waals surface area contributed by atoms with Gasteiger partial charge in [0.05, 0.1) is 25.4 Å². The molecule has 6 heteroatoms. The van der Waals surface area contributed by atoms with Crippen molar-refractivity contribution >= 4 is 11.9 Å². The van der Waals surface area contributed by atoms with E-state index in [9.17, 15) is 19.8 Å². The number of hydrogen-bond acceptors (Lipinski definition) is 5. The molecule has 0 rings (SSSR count). The maximum atomic E-state index is 12.5. The minimum Gasteiger partial charge on any atom is -0.466 e. The summed E-state index contributed by atoms with van der Waals surface area (Å²) in [7, 11) is 0. The molecule has 2 unspecified atom stereocenters. The van der Waals surface area contributed by atoms with Gasteiger partial charge in [-0.1, -0.05) is 295 Å². The monoisotopic (exact) mass is 972 g/mol. The Labute approximate surface area is 431 Å². The third kappa shape index (κ3) is 55.5. The van der Waals surface area contributed by atoms with Crippen molar-refractivity contribution in [2.45, 2.75) is 353 Å². The van der Waals surface area contributed by atoms with Crippen molar-refractivity contribution in [2.24, 2.45) is 0 Å². The van der Waals surface area contributed by atoms with Gasteiger partial charge in [0, 0.05) is 12.8 Å². The minimum atomic E-state index is -0.678. The largest absolute Gasteiger partial charge is 0.466 e. The average Bonchev–Trinajstić information content (AvgIpc) is 3.35. The molecule has 1 amide bonds. The normalized spacial score (nSPS) is 12.7. The standard InChI is InChI=1S/C63H121NO5/c1-3-5-7-9-11-13-15-17-19-21-23-24-25-27-28-30-32-35-39-43-47-51-55-61(66)60(59-65)64-62(67)56-52-48-44-40-36-34-38-42-46-50-54-58-69-63(68)57-53-49-45-41-37-33-31-29-26-22-20-18-16-14-12-10-8-6-4-2/h12,14,18,20,60-61,65-66H,3-11,13,15-17,19,21-59H2,1-2H3,(H,64,67)/b14-12-,20-18-. The number of rotatable bonds is 58. The van der Waals surface area contributed by atoms with Crippen LogP contribution in [0.2, 0.25) is 0 Å². The van der Waals surface area contributed by atoms with E-state index in [-0.39, 0.29) is 18.5 Å². The van der Waals surface area contributed by atoms with Crippen molar-refractivity contribution in [3.63, 3.8) is 0 Å². The number of carbonyl (C=O) groups is 2. The first-order chi connectivity index (χ1) is 34.0. The van der Waals surface area contributed by atoms with Crippen LogP contribution in [0, 0.1) is 0 Å². The highest BCUT2D eigenvalue weighted by Gasteiger charge is 2.20. The zero-order valence-corrected chi connectivity index (χ0v) is 46.6. The van der Waals surface area contributed by atoms with Crippen LogP contribution in [0.3, 0.4) is 0 Å². The number of hydrogen-bond donors (Lipinski definition) is 3. The van der Waals surface area contributed by atoms with Gasteiger partial charge in [0.1, 0.15) is 0 Å². The van der Waals surface area contributed by atoms with Crippen molar-refractivity contribution in [2.75, 3.05) is 13.2 Å². The SMILES string of the molecule is CCCCC/C=C\C/C=C\CCCCCCCCCCCC(=O)OCCCCCCCCCCCCCC(=O)NC(CO)C(O)CCCCCCCCCCCCCCCCCCCCCCCC. The average molecular weight is 973 g/mol. The van der Waals surface area contributed by atoms with E-state index in [1.54, 1.807) is 0 Å². The second-order valence-electron chi connectivity index (χ2n) is 21.4. The van der Waals surface area contributed by atoms with Gasteiger partial charge in [-0.25, -0.2) is 0 Å². The maximum absolute atomic E-state index is 12.5. The molecule has 0 aromatic rings. The lowest BCUT2D eigenvalue weighted by Gasteiger charge is -2.22. The van der Waals surface area contributed by atoms with Crippen molar-refractivity contribution in [3.05, 3.63) is 24.3 Å². The predicted molar refractivity (Wildman–Crippen MR) is 301 cm³/mol. The van der Waals surface area contributed by atoms with E-state index in [1.807, 2.05) is 0 Å². The van der Waals surface area contributed by atoms with Gasteiger partial charge in [-0.3, -0.25) is 9.59 Å². The number of aliphatic hydroxyl groups excluding tert-OH is 2. The lowest BCUT2D eigenvalue weighted by molar-refractivity contribution is -0.143. The molecule has 0 aliphatic rings. The highest BCUT2D eigenvalue weighted by atomic mass is 16.5. The molecule has 0 aromatic carbocycles. The number of amides is 1. The topological polar surface area (TPSA) is 95.9 Å². The Kier molecular flexibility index (Phi) is 57.5. The molecule has 0 spiro atoms. The van der Waals surface area contributed by atoms with Gasteiger partial charge in [0.25, 0.3) is 0 Å². The summed E-state index contributed by atoms with van der Waals surface area (Å²) in [5.41, 5.74) is 0.